The van der Waals surface area contributed by atoms with Gasteiger partial charge in [0.2, 0.25) is 15.9 Å². The zero-order valence-corrected chi connectivity index (χ0v) is 15.9. The predicted molar refractivity (Wildman–Crippen MR) is 102 cm³/mol. The number of ether oxygens (including phenoxy) is 1. The Labute approximate surface area is 152 Å². The first kappa shape index (κ1) is 19.1. The lowest BCUT2D eigenvalue weighted by molar-refractivity contribution is -0.113. The maximum Gasteiger partial charge on any atom is 0.234 e. The van der Waals surface area contributed by atoms with E-state index in [1.165, 1.54) is 18.8 Å². The zero-order chi connectivity index (χ0) is 18.4. The molecule has 0 aromatic heterocycles. The van der Waals surface area contributed by atoms with Gasteiger partial charge in [0.25, 0.3) is 0 Å². The molecule has 0 heterocycles. The molecule has 0 radical (unpaired) electrons. The molecule has 0 spiro atoms. The van der Waals surface area contributed by atoms with E-state index in [9.17, 15) is 13.2 Å². The zero-order valence-electron chi connectivity index (χ0n) is 14.2. The summed E-state index contributed by atoms with van der Waals surface area (Å²) >= 11 is 1.41. The van der Waals surface area contributed by atoms with Gasteiger partial charge >= 0.3 is 0 Å². The average molecular weight is 380 g/mol. The van der Waals surface area contributed by atoms with E-state index in [2.05, 4.69) is 5.32 Å². The van der Waals surface area contributed by atoms with Crippen molar-refractivity contribution in [3.8, 4) is 5.75 Å². The summed E-state index contributed by atoms with van der Waals surface area (Å²) < 4.78 is 29.4. The molecule has 0 aliphatic carbocycles. The third kappa shape index (κ3) is 5.68. The van der Waals surface area contributed by atoms with E-state index in [4.69, 9.17) is 4.74 Å². The monoisotopic (exact) mass is 380 g/mol. The number of thioether (sulfide) groups is 1. The number of benzene rings is 2. The Kier molecular flexibility index (Phi) is 6.33. The normalized spacial score (nSPS) is 11.0. The van der Waals surface area contributed by atoms with Gasteiger partial charge in [-0.25, -0.2) is 8.42 Å². The molecule has 0 saturated heterocycles. The molecule has 0 unspecified atom stereocenters. The van der Waals surface area contributed by atoms with E-state index >= 15 is 0 Å². The predicted octanol–water partition coefficient (Wildman–Crippen LogP) is 2.82. The Morgan fingerprint density at radius 2 is 1.88 bits per heavy atom. The molecule has 0 aliphatic rings. The summed E-state index contributed by atoms with van der Waals surface area (Å²) in [5.41, 5.74) is 1.04. The maximum atomic E-state index is 12.1. The lowest BCUT2D eigenvalue weighted by Crippen LogP contribution is -2.25. The van der Waals surface area contributed by atoms with Crippen LogP contribution in [0.1, 0.15) is 0 Å². The number of carbonyl (C=O) groups excluding carboxylic acids is 1. The minimum Gasteiger partial charge on any atom is -0.497 e. The van der Waals surface area contributed by atoms with Gasteiger partial charge in [-0.05, 0) is 42.5 Å². The van der Waals surface area contributed by atoms with Gasteiger partial charge < -0.3 is 10.1 Å². The highest BCUT2D eigenvalue weighted by Crippen LogP contribution is 2.23. The molecule has 0 atom stereocenters. The molecule has 134 valence electrons. The third-order valence-electron chi connectivity index (χ3n) is 3.42. The number of nitrogens with zero attached hydrogens (tertiary/aromatic N) is 1. The minimum absolute atomic E-state index is 0.167. The van der Waals surface area contributed by atoms with Gasteiger partial charge in [0.15, 0.2) is 0 Å². The highest BCUT2D eigenvalue weighted by Gasteiger charge is 2.12. The quantitative estimate of drug-likeness (QED) is 0.748. The van der Waals surface area contributed by atoms with Crippen molar-refractivity contribution in [2.24, 2.45) is 0 Å². The van der Waals surface area contributed by atoms with E-state index in [-0.39, 0.29) is 11.7 Å². The van der Waals surface area contributed by atoms with Crippen LogP contribution in [-0.2, 0) is 14.8 Å². The largest absolute Gasteiger partial charge is 0.497 e. The molecule has 0 bridgehead atoms. The van der Waals surface area contributed by atoms with Crippen LogP contribution >= 0.6 is 11.8 Å². The fraction of sp³-hybridized carbons (Fsp3) is 0.235. The molecule has 1 N–H and O–H groups in total. The summed E-state index contributed by atoms with van der Waals surface area (Å²) in [7, 11) is -0.277. The molecule has 2 aromatic rings. The van der Waals surface area contributed by atoms with Gasteiger partial charge in [-0.1, -0.05) is 6.07 Å². The summed E-state index contributed by atoms with van der Waals surface area (Å²) in [5, 5.41) is 2.78. The van der Waals surface area contributed by atoms with Crippen LogP contribution in [0.5, 0.6) is 5.75 Å². The van der Waals surface area contributed by atoms with Crippen molar-refractivity contribution in [1.82, 2.24) is 0 Å². The molecule has 2 aromatic carbocycles. The first-order valence-electron chi connectivity index (χ1n) is 7.40. The van der Waals surface area contributed by atoms with E-state index in [1.807, 2.05) is 24.3 Å². The van der Waals surface area contributed by atoms with Crippen LogP contribution in [0.3, 0.4) is 0 Å². The molecule has 6 nitrogen and oxygen atoms in total. The maximum absolute atomic E-state index is 12.1. The molecule has 0 saturated carbocycles. The smallest absolute Gasteiger partial charge is 0.234 e. The Morgan fingerprint density at radius 3 is 2.48 bits per heavy atom. The summed E-state index contributed by atoms with van der Waals surface area (Å²) in [5.74, 6) is 0.846. The Balaban J connectivity index is 1.96. The fourth-order valence-electron chi connectivity index (χ4n) is 1.99. The van der Waals surface area contributed by atoms with Crippen molar-refractivity contribution in [3.05, 3.63) is 48.5 Å². The second kappa shape index (κ2) is 8.26. The second-order valence-corrected chi connectivity index (χ2v) is 8.36. The van der Waals surface area contributed by atoms with Crippen molar-refractivity contribution in [1.29, 1.82) is 0 Å². The highest BCUT2D eigenvalue weighted by atomic mass is 32.2. The third-order valence-corrected chi connectivity index (χ3v) is 5.64. The van der Waals surface area contributed by atoms with Gasteiger partial charge in [-0.2, -0.15) is 0 Å². The fourth-order valence-corrected chi connectivity index (χ4v) is 3.18. The van der Waals surface area contributed by atoms with Crippen LogP contribution in [0.25, 0.3) is 0 Å². The first-order valence-corrected chi connectivity index (χ1v) is 10.2. The summed E-state index contributed by atoms with van der Waals surface area (Å²) in [6.07, 6.45) is 1.13. The van der Waals surface area contributed by atoms with Crippen molar-refractivity contribution in [3.63, 3.8) is 0 Å². The van der Waals surface area contributed by atoms with Crippen LogP contribution in [-0.4, -0.2) is 40.5 Å². The summed E-state index contributed by atoms with van der Waals surface area (Å²) in [4.78, 5) is 13.1. The standard InChI is InChI=1S/C17H20N2O4S2/c1-19(25(3,21)22)14-6-4-5-13(11-14)18-17(20)12-24-16-9-7-15(23-2)8-10-16/h4-11H,12H2,1-3H3,(H,18,20). The number of hydrogen-bond acceptors (Lipinski definition) is 5. The van der Waals surface area contributed by atoms with Gasteiger partial charge in [0.1, 0.15) is 5.75 Å². The molecule has 1 amide bonds. The number of hydrogen-bond donors (Lipinski definition) is 1. The molecule has 0 fully saturated rings. The van der Waals surface area contributed by atoms with Gasteiger partial charge in [0.05, 0.1) is 24.8 Å². The Bertz CT molecular complexity index is 836. The van der Waals surface area contributed by atoms with Crippen molar-refractivity contribution in [2.75, 3.05) is 35.8 Å². The lowest BCUT2D eigenvalue weighted by atomic mass is 10.3. The number of rotatable bonds is 7. The van der Waals surface area contributed by atoms with Crippen LogP contribution < -0.4 is 14.4 Å². The topological polar surface area (TPSA) is 75.7 Å². The molecule has 25 heavy (non-hydrogen) atoms. The van der Waals surface area contributed by atoms with Crippen molar-refractivity contribution in [2.45, 2.75) is 4.90 Å². The van der Waals surface area contributed by atoms with Gasteiger partial charge in [-0.15, -0.1) is 11.8 Å². The Hall–Kier alpha value is -2.19. The van der Waals surface area contributed by atoms with E-state index in [0.29, 0.717) is 11.4 Å². The number of sulfonamides is 1. The SMILES string of the molecule is COc1ccc(SCC(=O)Nc2cccc(N(C)S(C)(=O)=O)c2)cc1. The molecule has 8 heteroatoms. The lowest BCUT2D eigenvalue weighted by Gasteiger charge is -2.17. The Morgan fingerprint density at radius 1 is 1.20 bits per heavy atom. The average Bonchev–Trinajstić information content (AvgIpc) is 2.59. The van der Waals surface area contributed by atoms with Crippen LogP contribution in [0.4, 0.5) is 11.4 Å². The van der Waals surface area contributed by atoms with Crippen LogP contribution in [0, 0.1) is 0 Å². The minimum atomic E-state index is -3.35. The summed E-state index contributed by atoms with van der Waals surface area (Å²) in [6.45, 7) is 0. The van der Waals surface area contributed by atoms with E-state index in [0.717, 1.165) is 21.2 Å². The van der Waals surface area contributed by atoms with E-state index in [1.54, 1.807) is 31.4 Å². The molecule has 2 rings (SSSR count). The molecular formula is C17H20N2O4S2. The van der Waals surface area contributed by atoms with Crippen LogP contribution in [0.15, 0.2) is 53.4 Å². The highest BCUT2D eigenvalue weighted by molar-refractivity contribution is 8.00. The van der Waals surface area contributed by atoms with Crippen molar-refractivity contribution >= 4 is 39.1 Å². The summed E-state index contributed by atoms with van der Waals surface area (Å²) in [6, 6.07) is 14.2. The number of anilines is 2. The number of methoxy groups -OCH3 is 1. The number of carbonyl (C=O) groups is 1. The second-order valence-electron chi connectivity index (χ2n) is 5.29. The molecular weight excluding hydrogens is 360 g/mol. The van der Waals surface area contributed by atoms with E-state index < -0.39 is 10.0 Å². The number of nitrogens with one attached hydrogen (secondary N) is 1. The van der Waals surface area contributed by atoms with Crippen LogP contribution in [0.2, 0.25) is 0 Å². The number of amides is 1. The molecule has 0 aliphatic heterocycles. The van der Waals surface area contributed by atoms with Crippen molar-refractivity contribution < 1.29 is 17.9 Å². The van der Waals surface area contributed by atoms with Gasteiger partial charge in [-0.3, -0.25) is 9.10 Å². The van der Waals surface area contributed by atoms with Gasteiger partial charge in [0, 0.05) is 17.6 Å². The first-order chi connectivity index (χ1) is 11.8.